The van der Waals surface area contributed by atoms with Crippen molar-refractivity contribution in [3.8, 4) is 17.2 Å². The Morgan fingerprint density at radius 2 is 0.551 bits per heavy atom. The molecule has 0 aromatic heterocycles. The number of carbonyl (C=O) groups excluding carboxylic acids is 9. The maximum absolute atomic E-state index is 13.8. The molecule has 0 bridgehead atoms. The van der Waals surface area contributed by atoms with Crippen LogP contribution in [0.2, 0.25) is 0 Å². The summed E-state index contributed by atoms with van der Waals surface area (Å²) in [7, 11) is 0. The molecule has 24 heteroatoms. The number of rotatable bonds is 9. The summed E-state index contributed by atoms with van der Waals surface area (Å²) in [6.45, 7) is 14.1. The van der Waals surface area contributed by atoms with Crippen molar-refractivity contribution in [3.05, 3.63) is 115 Å². The van der Waals surface area contributed by atoms with E-state index < -0.39 is 122 Å². The number of hydrogen-bond acceptors (Lipinski definition) is 18. The Bertz CT molecular complexity index is 2490. The van der Waals surface area contributed by atoms with Crippen molar-refractivity contribution >= 4 is 150 Å². The minimum absolute atomic E-state index is 0.0421. The Morgan fingerprint density at radius 1 is 0.333 bits per heavy atom. The van der Waals surface area contributed by atoms with Crippen molar-refractivity contribution in [3.63, 3.8) is 0 Å². The predicted octanol–water partition coefficient (Wildman–Crippen LogP) is 13.2. The Morgan fingerprint density at radius 3 is 0.754 bits per heavy atom. The molecule has 18 nitrogen and oxygen atoms in total. The molecule has 0 saturated heterocycles. The van der Waals surface area contributed by atoms with E-state index in [-0.39, 0.29) is 26.8 Å². The van der Waals surface area contributed by atoms with Gasteiger partial charge in [-0.2, -0.15) is 0 Å². The molecule has 0 amide bonds. The van der Waals surface area contributed by atoms with Gasteiger partial charge in [0.05, 0.1) is 30.1 Å². The molecule has 4 aromatic rings. The maximum Gasteiger partial charge on any atom is 0.514 e. The monoisotopic (exact) mass is 1340 g/mol. The normalized spacial score (nSPS) is 11.3. The molecule has 0 N–H and O–H groups in total. The van der Waals surface area contributed by atoms with E-state index in [9.17, 15) is 43.2 Å². The van der Waals surface area contributed by atoms with E-state index >= 15 is 0 Å². The van der Waals surface area contributed by atoms with Crippen LogP contribution in [0.4, 0.5) is 14.4 Å². The third-order valence-electron chi connectivity index (χ3n) is 7.61. The van der Waals surface area contributed by atoms with Crippen molar-refractivity contribution in [2.24, 2.45) is 0 Å². The van der Waals surface area contributed by atoms with Gasteiger partial charge in [0, 0.05) is 13.4 Å². The number of carbonyl (C=O) groups is 9. The lowest BCUT2D eigenvalue weighted by Gasteiger charge is -2.19. The summed E-state index contributed by atoms with van der Waals surface area (Å²) in [5, 5.41) is 0. The second kappa shape index (κ2) is 22.8. The van der Waals surface area contributed by atoms with E-state index in [0.29, 0.717) is 0 Å². The lowest BCUT2D eigenvalue weighted by molar-refractivity contribution is 0.0184. The number of halogens is 6. The fourth-order valence-corrected chi connectivity index (χ4v) is 9.00. The molecule has 4 aromatic carbocycles. The first-order valence-electron chi connectivity index (χ1n) is 19.3. The van der Waals surface area contributed by atoms with Crippen LogP contribution in [0, 0.1) is 0 Å². The molecule has 0 fully saturated rings. The van der Waals surface area contributed by atoms with Gasteiger partial charge in [0.2, 0.25) is 0 Å². The fourth-order valence-electron chi connectivity index (χ4n) is 5.09. The first kappa shape index (κ1) is 56.6. The van der Waals surface area contributed by atoms with E-state index in [1.165, 1.54) is 18.2 Å². The zero-order valence-electron chi connectivity index (χ0n) is 37.3. The van der Waals surface area contributed by atoms with Crippen molar-refractivity contribution < 1.29 is 85.8 Å². The van der Waals surface area contributed by atoms with E-state index in [0.717, 1.165) is 36.4 Å². The molecule has 0 spiro atoms. The van der Waals surface area contributed by atoms with E-state index in [4.69, 9.17) is 42.6 Å². The van der Waals surface area contributed by atoms with Crippen LogP contribution in [0.3, 0.4) is 0 Å². The molecule has 0 saturated carbocycles. The molecule has 0 unspecified atom stereocenters. The third kappa shape index (κ3) is 16.8. The Hall–Kier alpha value is -5.01. The van der Waals surface area contributed by atoms with Gasteiger partial charge in [0.25, 0.3) is 0 Å². The SMILES string of the molecule is CC(C)(C)OC(=O)Oc1c(Br)cc(Br)cc1C(=O)OC(=O)c1cc(C(=O)OC(=O)c2cc(Br)cc(Br)c2OC(=O)OC(C)(C)C)cc(C(=O)OC(=O)c2cc(Br)cc(Br)c2OC(=O)OC(C)(C)C)c1. The highest BCUT2D eigenvalue weighted by atomic mass is 79.9. The van der Waals surface area contributed by atoms with E-state index in [1.54, 1.807) is 62.3 Å². The minimum Gasteiger partial charge on any atom is -0.428 e. The van der Waals surface area contributed by atoms with Crippen LogP contribution in [0.5, 0.6) is 17.2 Å². The van der Waals surface area contributed by atoms with Gasteiger partial charge in [0.15, 0.2) is 17.2 Å². The van der Waals surface area contributed by atoms with Gasteiger partial charge >= 0.3 is 54.3 Å². The summed E-state index contributed by atoms with van der Waals surface area (Å²) in [4.78, 5) is 120. The quantitative estimate of drug-likeness (QED) is 0.0655. The lowest BCUT2D eigenvalue weighted by atomic mass is 10.1. The topological polar surface area (TPSA) is 237 Å². The summed E-state index contributed by atoms with van der Waals surface area (Å²) in [6.07, 6.45) is -3.66. The molecule has 366 valence electrons. The van der Waals surface area contributed by atoms with Crippen LogP contribution in [-0.4, -0.2) is 71.1 Å². The smallest absolute Gasteiger partial charge is 0.428 e. The van der Waals surface area contributed by atoms with Crippen molar-refractivity contribution in [2.45, 2.75) is 79.1 Å². The molecule has 0 aliphatic rings. The van der Waals surface area contributed by atoms with Crippen LogP contribution in [0.25, 0.3) is 0 Å². The highest BCUT2D eigenvalue weighted by Gasteiger charge is 2.31. The lowest BCUT2D eigenvalue weighted by Crippen LogP contribution is -2.27. The molecule has 69 heavy (non-hydrogen) atoms. The maximum atomic E-state index is 13.8. The standard InChI is InChI=1S/C45H36Br6O18/c1-43(2,3)67-40(58)61-31-25(13-22(46)16-28(31)49)37(55)64-34(52)19-10-20(35(53)65-38(56)26-14-23(47)17-29(50)32(26)62-41(59)68-44(4,5)6)12-21(11-19)36(54)66-39(57)27-15-24(48)18-30(51)33(27)63-42(60)69-45(7,8)9/h10-18H,1-9H3. The third-order valence-corrected chi connectivity index (χ3v) is 10.7. The van der Waals surface area contributed by atoms with Crippen molar-refractivity contribution in [2.75, 3.05) is 0 Å². The number of ether oxygens (including phenoxy) is 9. The molecular formula is C45H36Br6O18. The summed E-state index contributed by atoms with van der Waals surface area (Å²) in [5.41, 5.74) is -6.68. The Kier molecular flexibility index (Phi) is 18.7. The van der Waals surface area contributed by atoms with Crippen molar-refractivity contribution in [1.29, 1.82) is 0 Å². The van der Waals surface area contributed by atoms with Crippen LogP contribution in [0.1, 0.15) is 124 Å². The van der Waals surface area contributed by atoms with Crippen LogP contribution in [0.15, 0.2) is 81.4 Å². The number of esters is 6. The van der Waals surface area contributed by atoms with Gasteiger partial charge in [-0.15, -0.1) is 0 Å². The average Bonchev–Trinajstić information content (AvgIpc) is 3.18. The van der Waals surface area contributed by atoms with Crippen LogP contribution >= 0.6 is 95.6 Å². The Labute approximate surface area is 443 Å². The molecule has 0 aliphatic heterocycles. The van der Waals surface area contributed by atoms with Gasteiger partial charge < -0.3 is 42.6 Å². The van der Waals surface area contributed by atoms with E-state index in [2.05, 4.69) is 95.6 Å². The van der Waals surface area contributed by atoms with Gasteiger partial charge in [-0.25, -0.2) is 43.2 Å². The average molecular weight is 1340 g/mol. The Balaban J connectivity index is 1.78. The molecular weight excluding hydrogens is 1310 g/mol. The van der Waals surface area contributed by atoms with Crippen LogP contribution < -0.4 is 14.2 Å². The summed E-state index contributed by atoms with van der Waals surface area (Å²) in [5.74, 6) is -10.1. The zero-order valence-corrected chi connectivity index (χ0v) is 46.8. The molecule has 0 aliphatic carbocycles. The van der Waals surface area contributed by atoms with Gasteiger partial charge in [-0.3, -0.25) is 0 Å². The molecule has 0 heterocycles. The first-order chi connectivity index (χ1) is 31.7. The minimum atomic E-state index is -1.53. The second-order valence-corrected chi connectivity index (χ2v) is 22.1. The second-order valence-electron chi connectivity index (χ2n) is 16.8. The number of hydrogen-bond donors (Lipinski definition) is 0. The van der Waals surface area contributed by atoms with Gasteiger partial charge in [-0.05, 0) is 165 Å². The highest BCUT2D eigenvalue weighted by molar-refractivity contribution is 9.11. The molecule has 0 radical (unpaired) electrons. The fraction of sp³-hybridized carbons (Fsp3) is 0.267. The summed E-state index contributed by atoms with van der Waals surface area (Å²) < 4.78 is 47.7. The molecule has 0 atom stereocenters. The van der Waals surface area contributed by atoms with Gasteiger partial charge in [0.1, 0.15) is 33.5 Å². The van der Waals surface area contributed by atoms with E-state index in [1.807, 2.05) is 0 Å². The van der Waals surface area contributed by atoms with Crippen molar-refractivity contribution in [1.82, 2.24) is 0 Å². The van der Waals surface area contributed by atoms with Gasteiger partial charge in [-0.1, -0.05) is 47.8 Å². The predicted molar refractivity (Wildman–Crippen MR) is 262 cm³/mol. The number of benzene rings is 4. The first-order valence-corrected chi connectivity index (χ1v) is 24.1. The molecule has 4 rings (SSSR count). The highest BCUT2D eigenvalue weighted by Crippen LogP contribution is 2.37. The zero-order chi connectivity index (χ0) is 52.1. The summed E-state index contributed by atoms with van der Waals surface area (Å²) in [6, 6.07) is 9.98. The largest absolute Gasteiger partial charge is 0.514 e. The van der Waals surface area contributed by atoms with Crippen LogP contribution in [-0.2, 0) is 28.4 Å². The summed E-state index contributed by atoms with van der Waals surface area (Å²) >= 11 is 19.2.